The van der Waals surface area contributed by atoms with Gasteiger partial charge in [-0.15, -0.1) is 0 Å². The van der Waals surface area contributed by atoms with Crippen LogP contribution in [-0.2, 0) is 11.2 Å². The molecule has 0 unspecified atom stereocenters. The summed E-state index contributed by atoms with van der Waals surface area (Å²) < 4.78 is 20.0. The zero-order chi connectivity index (χ0) is 24.5. The van der Waals surface area contributed by atoms with Crippen molar-refractivity contribution in [1.29, 1.82) is 0 Å². The van der Waals surface area contributed by atoms with Gasteiger partial charge in [0.2, 0.25) is 5.95 Å². The normalized spacial score (nSPS) is 18.3. The van der Waals surface area contributed by atoms with Gasteiger partial charge in [0.15, 0.2) is 0 Å². The Morgan fingerprint density at radius 3 is 2.86 bits per heavy atom. The molecule has 2 aliphatic heterocycles. The largest absolute Gasteiger partial charge is 0.383 e. The fourth-order valence-corrected chi connectivity index (χ4v) is 4.96. The van der Waals surface area contributed by atoms with Crippen LogP contribution < -0.4 is 16.2 Å². The highest BCUT2D eigenvalue weighted by Gasteiger charge is 2.44. The van der Waals surface area contributed by atoms with Crippen molar-refractivity contribution in [2.75, 3.05) is 30.9 Å². The number of hydrogen-bond acceptors (Lipinski definition) is 7. The molecule has 0 radical (unpaired) electrons. The summed E-state index contributed by atoms with van der Waals surface area (Å²) in [5.41, 5.74) is 2.19. The van der Waals surface area contributed by atoms with Gasteiger partial charge in [0.05, 0.1) is 29.1 Å². The van der Waals surface area contributed by atoms with E-state index in [2.05, 4.69) is 30.8 Å². The number of methoxy groups -OCH3 is 1. The number of anilines is 2. The Labute approximate surface area is 204 Å². The Hall–Kier alpha value is -3.57. The topological polar surface area (TPSA) is 125 Å². The lowest BCUT2D eigenvalue weighted by Gasteiger charge is -2.35. The lowest BCUT2D eigenvalue weighted by atomic mass is 9.99. The highest BCUT2D eigenvalue weighted by molar-refractivity contribution is 6.33. The molecule has 182 valence electrons. The van der Waals surface area contributed by atoms with Crippen LogP contribution in [0.1, 0.15) is 30.1 Å². The van der Waals surface area contributed by atoms with Crippen molar-refractivity contribution >= 4 is 29.3 Å². The van der Waals surface area contributed by atoms with Crippen LogP contribution in [0.3, 0.4) is 0 Å². The molecule has 1 saturated heterocycles. The molecule has 12 heteroatoms. The lowest BCUT2D eigenvalue weighted by molar-refractivity contribution is 0.177. The van der Waals surface area contributed by atoms with E-state index in [1.807, 2.05) is 0 Å². The van der Waals surface area contributed by atoms with E-state index in [-0.39, 0.29) is 28.4 Å². The number of H-pyrrole nitrogens is 1. The molecule has 0 spiro atoms. The summed E-state index contributed by atoms with van der Waals surface area (Å²) >= 11 is 6.44. The first-order valence-electron chi connectivity index (χ1n) is 11.2. The van der Waals surface area contributed by atoms with E-state index in [1.54, 1.807) is 24.4 Å². The standard InChI is InChI=1S/C23H23ClFN7O3/c1-35-5-4-26-22-27-10-13(11-28-22)15-8-17(25)18(9-16(15)24)29-23(34)32-14-2-3-19(32)21-12(6-14)7-20(33)30-31-21/h7-11,14,19H,2-6H2,1H3,(H,29,34)(H,30,33)(H,26,27,28)/t14-,19+/m0/s1. The number of urea groups is 1. The van der Waals surface area contributed by atoms with Crippen molar-refractivity contribution in [1.82, 2.24) is 25.1 Å². The zero-order valence-corrected chi connectivity index (χ0v) is 19.6. The van der Waals surface area contributed by atoms with Crippen LogP contribution in [0.15, 0.2) is 35.4 Å². The van der Waals surface area contributed by atoms with Crippen LogP contribution in [0.5, 0.6) is 0 Å². The molecule has 2 amide bonds. The smallest absolute Gasteiger partial charge is 0.322 e. The summed E-state index contributed by atoms with van der Waals surface area (Å²) in [6, 6.07) is 3.38. The van der Waals surface area contributed by atoms with E-state index >= 15 is 4.39 Å². The molecule has 10 nitrogen and oxygen atoms in total. The minimum absolute atomic E-state index is 0.0258. The molecular formula is C23H23ClFN7O3. The molecule has 2 aromatic heterocycles. The van der Waals surface area contributed by atoms with Crippen LogP contribution in [0, 0.1) is 5.82 Å². The molecule has 0 saturated carbocycles. The van der Waals surface area contributed by atoms with Crippen molar-refractivity contribution in [3.8, 4) is 11.1 Å². The maximum atomic E-state index is 15.0. The van der Waals surface area contributed by atoms with E-state index in [4.69, 9.17) is 16.3 Å². The number of nitrogens with one attached hydrogen (secondary N) is 3. The zero-order valence-electron chi connectivity index (χ0n) is 18.8. The third-order valence-corrected chi connectivity index (χ3v) is 6.59. The number of rotatable bonds is 6. The molecule has 1 fully saturated rings. The maximum absolute atomic E-state index is 15.0. The molecule has 1 aromatic carbocycles. The number of aromatic nitrogens is 4. The van der Waals surface area contributed by atoms with Crippen molar-refractivity contribution < 1.29 is 13.9 Å². The van der Waals surface area contributed by atoms with Crippen molar-refractivity contribution in [2.24, 2.45) is 0 Å². The molecule has 4 heterocycles. The van der Waals surface area contributed by atoms with E-state index < -0.39 is 11.8 Å². The fourth-order valence-electron chi connectivity index (χ4n) is 4.68. The molecule has 3 N–H and O–H groups in total. The number of carbonyl (C=O) groups excluding carboxylic acids is 1. The first kappa shape index (κ1) is 23.2. The monoisotopic (exact) mass is 499 g/mol. The van der Waals surface area contributed by atoms with Crippen LogP contribution >= 0.6 is 11.6 Å². The number of benzene rings is 1. The minimum Gasteiger partial charge on any atom is -0.383 e. The highest BCUT2D eigenvalue weighted by atomic mass is 35.5. The van der Waals surface area contributed by atoms with E-state index in [9.17, 15) is 9.59 Å². The summed E-state index contributed by atoms with van der Waals surface area (Å²) in [4.78, 5) is 34.9. The molecule has 2 bridgehead atoms. The first-order valence-corrected chi connectivity index (χ1v) is 11.5. The van der Waals surface area contributed by atoms with Crippen LogP contribution in [-0.4, -0.2) is 57.4 Å². The Morgan fingerprint density at radius 2 is 2.09 bits per heavy atom. The number of fused-ring (bicyclic) bond motifs is 4. The van der Waals surface area contributed by atoms with Gasteiger partial charge in [0.25, 0.3) is 5.56 Å². The Kier molecular flexibility index (Phi) is 6.35. The fraction of sp³-hybridized carbons (Fsp3) is 0.348. The van der Waals surface area contributed by atoms with E-state index in [1.165, 1.54) is 18.2 Å². The second-order valence-corrected chi connectivity index (χ2v) is 8.87. The highest BCUT2D eigenvalue weighted by Crippen LogP contribution is 2.42. The number of hydrogen-bond donors (Lipinski definition) is 3. The lowest BCUT2D eigenvalue weighted by Crippen LogP contribution is -2.45. The number of amides is 2. The summed E-state index contributed by atoms with van der Waals surface area (Å²) in [6.45, 7) is 1.06. The van der Waals surface area contributed by atoms with Gasteiger partial charge in [0.1, 0.15) is 5.82 Å². The quantitative estimate of drug-likeness (QED) is 0.444. The van der Waals surface area contributed by atoms with Gasteiger partial charge >= 0.3 is 6.03 Å². The summed E-state index contributed by atoms with van der Waals surface area (Å²) in [6.07, 6.45) is 5.13. The average Bonchev–Trinajstić information content (AvgIpc) is 3.16. The maximum Gasteiger partial charge on any atom is 0.322 e. The van der Waals surface area contributed by atoms with E-state index in [0.29, 0.717) is 42.3 Å². The molecule has 35 heavy (non-hydrogen) atoms. The molecule has 0 aliphatic carbocycles. The molecule has 5 rings (SSSR count). The first-order chi connectivity index (χ1) is 16.9. The Balaban J connectivity index is 1.33. The van der Waals surface area contributed by atoms with Crippen LogP contribution in [0.25, 0.3) is 11.1 Å². The number of ether oxygens (including phenoxy) is 1. The predicted octanol–water partition coefficient (Wildman–Crippen LogP) is 3.37. The van der Waals surface area contributed by atoms with Crippen molar-refractivity contribution in [3.63, 3.8) is 0 Å². The second-order valence-electron chi connectivity index (χ2n) is 8.46. The van der Waals surface area contributed by atoms with Crippen LogP contribution in [0.4, 0.5) is 20.8 Å². The molecule has 3 aromatic rings. The molecular weight excluding hydrogens is 477 g/mol. The van der Waals surface area contributed by atoms with Crippen molar-refractivity contribution in [2.45, 2.75) is 31.3 Å². The van der Waals surface area contributed by atoms with Gasteiger partial charge in [-0.05, 0) is 37.0 Å². The van der Waals surface area contributed by atoms with Gasteiger partial charge in [0, 0.05) is 49.3 Å². The number of carbonyl (C=O) groups is 1. The Bertz CT molecular complexity index is 1320. The summed E-state index contributed by atoms with van der Waals surface area (Å²) in [5, 5.41) is 12.5. The predicted molar refractivity (Wildman–Crippen MR) is 128 cm³/mol. The second kappa shape index (κ2) is 9.59. The van der Waals surface area contributed by atoms with Gasteiger partial charge in [-0.25, -0.2) is 24.3 Å². The number of nitrogens with zero attached hydrogens (tertiary/aromatic N) is 4. The minimum atomic E-state index is -0.632. The molecule has 2 aliphatic rings. The average molecular weight is 500 g/mol. The van der Waals surface area contributed by atoms with Gasteiger partial charge < -0.3 is 20.3 Å². The third-order valence-electron chi connectivity index (χ3n) is 6.28. The van der Waals surface area contributed by atoms with Crippen molar-refractivity contribution in [3.05, 3.63) is 63.0 Å². The number of halogens is 2. The Morgan fingerprint density at radius 1 is 1.29 bits per heavy atom. The van der Waals surface area contributed by atoms with Gasteiger partial charge in [-0.2, -0.15) is 5.10 Å². The summed E-state index contributed by atoms with van der Waals surface area (Å²) in [7, 11) is 1.60. The SMILES string of the molecule is COCCNc1ncc(-c2cc(F)c(NC(=O)N3[C@H]4CC[C@@H]3c3n[nH]c(=O)cc3C4)cc2Cl)cn1. The third kappa shape index (κ3) is 4.56. The van der Waals surface area contributed by atoms with Gasteiger partial charge in [-0.1, -0.05) is 11.6 Å². The summed E-state index contributed by atoms with van der Waals surface area (Å²) in [5.74, 6) is -0.213. The number of aromatic amines is 1. The van der Waals surface area contributed by atoms with E-state index in [0.717, 1.165) is 18.4 Å². The molecule has 2 atom stereocenters. The van der Waals surface area contributed by atoms with Crippen LogP contribution in [0.2, 0.25) is 5.02 Å². The van der Waals surface area contributed by atoms with Gasteiger partial charge in [-0.3, -0.25) is 4.79 Å².